The quantitative estimate of drug-likeness (QED) is 0.728. The number of para-hydroxylation sites is 2. The molecule has 0 atom stereocenters. The Kier molecular flexibility index (Phi) is 3.75. The van der Waals surface area contributed by atoms with E-state index in [0.717, 1.165) is 18.4 Å². The summed E-state index contributed by atoms with van der Waals surface area (Å²) in [6.45, 7) is 0.215. The molecule has 1 amide bonds. The number of nitrogens with zero attached hydrogens (tertiary/aromatic N) is 1. The summed E-state index contributed by atoms with van der Waals surface area (Å²) in [5, 5.41) is 7.15. The first-order chi connectivity index (χ1) is 13.7. The minimum absolute atomic E-state index is 0.109. The smallest absolute Gasteiger partial charge is 0.236 e. The molecular weight excluding hydrogens is 360 g/mol. The number of fused-ring (bicyclic) bond motifs is 1. The number of amides is 1. The monoisotopic (exact) mass is 378 g/mol. The van der Waals surface area contributed by atoms with Crippen molar-refractivity contribution in [2.24, 2.45) is 0 Å². The second kappa shape index (κ2) is 6.30. The lowest BCUT2D eigenvalue weighted by Gasteiger charge is -2.14. The molecule has 1 aromatic heterocycles. The number of carbonyl (C=O) groups excluding carboxylic acids is 1. The first-order valence-corrected chi connectivity index (χ1v) is 9.01. The Morgan fingerprint density at radius 1 is 1.11 bits per heavy atom. The number of benzene rings is 2. The average Bonchev–Trinajstić information content (AvgIpc) is 3.15. The third-order valence-corrected chi connectivity index (χ3v) is 5.20. The molecule has 0 saturated heterocycles. The van der Waals surface area contributed by atoms with Crippen LogP contribution in [0.2, 0.25) is 0 Å². The van der Waals surface area contributed by atoms with Gasteiger partial charge in [0.25, 0.3) is 0 Å². The lowest BCUT2D eigenvalue weighted by Crippen LogP contribution is -2.28. The standard InChI is InChI=1S/C21H18N2O5/c1-25-15-5-3-2-4-14(15)22-20(24)21(8-9-21)19-11-17(28-23-19)13-6-7-16-18(10-13)27-12-26-16/h2-7,10-11H,8-9,12H2,1H3,(H,22,24). The summed E-state index contributed by atoms with van der Waals surface area (Å²) in [7, 11) is 1.58. The number of ether oxygens (including phenoxy) is 3. The number of aromatic nitrogens is 1. The molecule has 2 aromatic carbocycles. The molecule has 1 aliphatic heterocycles. The fourth-order valence-corrected chi connectivity index (χ4v) is 3.40. The van der Waals surface area contributed by atoms with Crippen LogP contribution in [0, 0.1) is 0 Å². The second-order valence-corrected chi connectivity index (χ2v) is 6.88. The second-order valence-electron chi connectivity index (χ2n) is 6.88. The minimum atomic E-state index is -0.668. The number of hydrogen-bond acceptors (Lipinski definition) is 6. The van der Waals surface area contributed by atoms with Crippen molar-refractivity contribution in [2.45, 2.75) is 18.3 Å². The van der Waals surface area contributed by atoms with Crippen LogP contribution in [0.5, 0.6) is 17.2 Å². The van der Waals surface area contributed by atoms with Crippen LogP contribution >= 0.6 is 0 Å². The van der Waals surface area contributed by atoms with Crippen LogP contribution in [0.3, 0.4) is 0 Å². The summed E-state index contributed by atoms with van der Waals surface area (Å²) in [5.74, 6) is 2.48. The number of nitrogens with one attached hydrogen (secondary N) is 1. The average molecular weight is 378 g/mol. The Balaban J connectivity index is 1.40. The van der Waals surface area contributed by atoms with E-state index in [1.165, 1.54) is 0 Å². The zero-order valence-electron chi connectivity index (χ0n) is 15.2. The van der Waals surface area contributed by atoms with Gasteiger partial charge in [0.05, 0.1) is 23.9 Å². The Hall–Kier alpha value is -3.48. The molecule has 0 bridgehead atoms. The van der Waals surface area contributed by atoms with Crippen LogP contribution < -0.4 is 19.5 Å². The molecule has 7 nitrogen and oxygen atoms in total. The summed E-state index contributed by atoms with van der Waals surface area (Å²) in [4.78, 5) is 13.0. The van der Waals surface area contributed by atoms with Crippen molar-refractivity contribution in [3.63, 3.8) is 0 Å². The van der Waals surface area contributed by atoms with Crippen LogP contribution in [-0.2, 0) is 10.2 Å². The normalized spacial score (nSPS) is 15.9. The summed E-state index contributed by atoms with van der Waals surface area (Å²) >= 11 is 0. The van der Waals surface area contributed by atoms with Gasteiger partial charge < -0.3 is 24.1 Å². The van der Waals surface area contributed by atoms with Crippen molar-refractivity contribution in [3.8, 4) is 28.6 Å². The predicted molar refractivity (Wildman–Crippen MR) is 101 cm³/mol. The first-order valence-electron chi connectivity index (χ1n) is 9.01. The summed E-state index contributed by atoms with van der Waals surface area (Å²) in [6, 6.07) is 14.7. The molecule has 2 heterocycles. The molecule has 2 aliphatic rings. The van der Waals surface area contributed by atoms with E-state index in [1.54, 1.807) is 7.11 Å². The fraction of sp³-hybridized carbons (Fsp3) is 0.238. The predicted octanol–water partition coefficient (Wildman–Crippen LogP) is 3.75. The van der Waals surface area contributed by atoms with Crippen molar-refractivity contribution in [1.82, 2.24) is 5.16 Å². The van der Waals surface area contributed by atoms with E-state index in [2.05, 4.69) is 10.5 Å². The topological polar surface area (TPSA) is 82.8 Å². The highest BCUT2D eigenvalue weighted by molar-refractivity contribution is 6.02. The lowest BCUT2D eigenvalue weighted by atomic mass is 10.00. The molecule has 1 saturated carbocycles. The van der Waals surface area contributed by atoms with Gasteiger partial charge in [-0.3, -0.25) is 4.79 Å². The van der Waals surface area contributed by atoms with Gasteiger partial charge in [-0.1, -0.05) is 17.3 Å². The first kappa shape index (κ1) is 16.7. The highest BCUT2D eigenvalue weighted by atomic mass is 16.7. The van der Waals surface area contributed by atoms with Crippen molar-refractivity contribution in [2.75, 3.05) is 19.2 Å². The Morgan fingerprint density at radius 2 is 1.93 bits per heavy atom. The molecule has 1 aliphatic carbocycles. The van der Waals surface area contributed by atoms with E-state index in [-0.39, 0.29) is 12.7 Å². The molecule has 0 unspecified atom stereocenters. The molecule has 1 fully saturated rings. The fourth-order valence-electron chi connectivity index (χ4n) is 3.40. The van der Waals surface area contributed by atoms with Gasteiger partial charge in [-0.25, -0.2) is 0 Å². The van der Waals surface area contributed by atoms with E-state index >= 15 is 0 Å². The van der Waals surface area contributed by atoms with E-state index in [1.807, 2.05) is 48.5 Å². The molecule has 0 spiro atoms. The molecular formula is C21H18N2O5. The molecule has 3 aromatic rings. The maximum Gasteiger partial charge on any atom is 0.236 e. The molecule has 5 rings (SSSR count). The summed E-state index contributed by atoms with van der Waals surface area (Å²) < 4.78 is 21.6. The number of rotatable bonds is 5. The van der Waals surface area contributed by atoms with Crippen LogP contribution in [0.25, 0.3) is 11.3 Å². The van der Waals surface area contributed by atoms with Gasteiger partial charge in [-0.2, -0.15) is 0 Å². The van der Waals surface area contributed by atoms with Crippen LogP contribution in [0.1, 0.15) is 18.5 Å². The zero-order valence-corrected chi connectivity index (χ0v) is 15.2. The largest absolute Gasteiger partial charge is 0.495 e. The molecule has 28 heavy (non-hydrogen) atoms. The highest BCUT2D eigenvalue weighted by Crippen LogP contribution is 2.49. The highest BCUT2D eigenvalue weighted by Gasteiger charge is 2.54. The summed E-state index contributed by atoms with van der Waals surface area (Å²) in [6.07, 6.45) is 1.45. The maximum atomic E-state index is 13.0. The van der Waals surface area contributed by atoms with Crippen molar-refractivity contribution in [3.05, 3.63) is 54.2 Å². The van der Waals surface area contributed by atoms with Gasteiger partial charge >= 0.3 is 0 Å². The van der Waals surface area contributed by atoms with Gasteiger partial charge in [0.15, 0.2) is 17.3 Å². The van der Waals surface area contributed by atoms with Crippen LogP contribution in [-0.4, -0.2) is 25.0 Å². The molecule has 7 heteroatoms. The number of hydrogen-bond donors (Lipinski definition) is 1. The molecule has 0 radical (unpaired) electrons. The van der Waals surface area contributed by atoms with Crippen molar-refractivity contribution >= 4 is 11.6 Å². The van der Waals surface area contributed by atoms with Crippen molar-refractivity contribution < 1.29 is 23.5 Å². The van der Waals surface area contributed by atoms with Crippen LogP contribution in [0.4, 0.5) is 5.69 Å². The van der Waals surface area contributed by atoms with Crippen molar-refractivity contribution in [1.29, 1.82) is 0 Å². The van der Waals surface area contributed by atoms with Gasteiger partial charge in [0, 0.05) is 11.6 Å². The molecule has 1 N–H and O–H groups in total. The van der Waals surface area contributed by atoms with Gasteiger partial charge in [-0.15, -0.1) is 0 Å². The Morgan fingerprint density at radius 3 is 2.75 bits per heavy atom. The number of anilines is 1. The maximum absolute atomic E-state index is 13.0. The lowest BCUT2D eigenvalue weighted by molar-refractivity contribution is -0.118. The third-order valence-electron chi connectivity index (χ3n) is 5.20. The van der Waals surface area contributed by atoms with E-state index in [0.29, 0.717) is 34.4 Å². The van der Waals surface area contributed by atoms with Gasteiger partial charge in [0.1, 0.15) is 5.75 Å². The zero-order chi connectivity index (χ0) is 19.1. The summed E-state index contributed by atoms with van der Waals surface area (Å²) in [5.41, 5.74) is 1.43. The van der Waals surface area contributed by atoms with Crippen LogP contribution in [0.15, 0.2) is 53.1 Å². The van der Waals surface area contributed by atoms with Gasteiger partial charge in [0.2, 0.25) is 12.7 Å². The Bertz CT molecular complexity index is 1050. The number of methoxy groups -OCH3 is 1. The van der Waals surface area contributed by atoms with E-state index in [4.69, 9.17) is 18.7 Å². The Labute approximate surface area is 161 Å². The number of carbonyl (C=O) groups is 1. The third kappa shape index (κ3) is 2.67. The molecule has 142 valence electrons. The van der Waals surface area contributed by atoms with Gasteiger partial charge in [-0.05, 0) is 43.2 Å². The SMILES string of the molecule is COc1ccccc1NC(=O)C1(c2cc(-c3ccc4c(c3)OCO4)on2)CC1. The minimum Gasteiger partial charge on any atom is -0.495 e. The van der Waals surface area contributed by atoms with E-state index in [9.17, 15) is 4.79 Å². The van der Waals surface area contributed by atoms with E-state index < -0.39 is 5.41 Å².